The summed E-state index contributed by atoms with van der Waals surface area (Å²) in [5.41, 5.74) is 16.2. The predicted octanol–water partition coefficient (Wildman–Crippen LogP) is 6.65. The van der Waals surface area contributed by atoms with Gasteiger partial charge in [-0.2, -0.15) is 10.5 Å². The molecule has 4 fully saturated rings. The molecule has 0 aromatic carbocycles. The minimum atomic E-state index is -1.28. The first-order valence-corrected chi connectivity index (χ1v) is 29.4. The number of methoxy groups -OCH3 is 4. The summed E-state index contributed by atoms with van der Waals surface area (Å²) in [6.45, 7) is 21.6. The average molecular weight is 1280 g/mol. The SMILES string of the molecule is C/C=N/O.C=C1CC2Cc3nc(OC)ccc3C(/C=N\O)(C1)C2=O.C=C1CC2Cc3nc(OC)ccc3C(C#N)(C1)C2=O.C=C1CC2Cc3nc(OC)ccc3C(C(N)=O)(C1)C2=O.C=C1CC2Cc3nc(OC)ccc3C(CO)(C1)C2=O.CC#N.CC(N)=O.CC=O.[OH-]. The molecular weight excluding hydrogens is 1200 g/mol. The van der Waals surface area contributed by atoms with Gasteiger partial charge >= 0.3 is 0 Å². The van der Waals surface area contributed by atoms with E-state index in [1.807, 2.05) is 12.1 Å². The molecule has 8 N–H and O–H groups in total. The lowest BCUT2D eigenvalue weighted by molar-refractivity contribution is -0.139. The van der Waals surface area contributed by atoms with E-state index in [0.29, 0.717) is 106 Å². The number of amides is 2. The predicted molar refractivity (Wildman–Crippen MR) is 340 cm³/mol. The molecule has 4 saturated carbocycles. The summed E-state index contributed by atoms with van der Waals surface area (Å²) < 4.78 is 20.5. The number of aliphatic hydroxyl groups is 1. The summed E-state index contributed by atoms with van der Waals surface area (Å²) in [6, 6.07) is 18.1. The third-order valence-electron chi connectivity index (χ3n) is 17.1. The van der Waals surface area contributed by atoms with Crippen molar-refractivity contribution in [2.24, 2.45) is 45.5 Å². The number of aldehydes is 1. The molecule has 93 heavy (non-hydrogen) atoms. The lowest BCUT2D eigenvalue weighted by atomic mass is 9.58. The van der Waals surface area contributed by atoms with Gasteiger partial charge in [0.25, 0.3) is 0 Å². The number of nitriles is 2. The fourth-order valence-corrected chi connectivity index (χ4v) is 13.5. The van der Waals surface area contributed by atoms with E-state index < -0.39 is 27.6 Å². The molecule has 12 rings (SSSR count). The van der Waals surface area contributed by atoms with Crippen LogP contribution in [0.5, 0.6) is 23.5 Å². The number of carbonyl (C=O) groups excluding carboxylic acids is 7. The van der Waals surface area contributed by atoms with Crippen LogP contribution in [0.4, 0.5) is 0 Å². The molecular formula is C68H81N10O15-. The largest absolute Gasteiger partial charge is 0.870 e. The molecule has 4 aromatic rings. The first kappa shape index (κ1) is 75.3. The number of aromatic nitrogens is 4. The number of fused-ring (bicyclic) bond motifs is 16. The number of rotatable bonds is 7. The van der Waals surface area contributed by atoms with Crippen LogP contribution < -0.4 is 30.4 Å². The van der Waals surface area contributed by atoms with Gasteiger partial charge in [-0.1, -0.05) is 66.8 Å². The van der Waals surface area contributed by atoms with E-state index in [9.17, 15) is 39.1 Å². The second-order valence-electron chi connectivity index (χ2n) is 23.2. The number of hydrogen-bond acceptors (Lipinski definition) is 23. The number of primary amides is 2. The van der Waals surface area contributed by atoms with Crippen LogP contribution in [0.2, 0.25) is 0 Å². The molecule has 25 heteroatoms. The Balaban J connectivity index is 0.000000246. The van der Waals surface area contributed by atoms with Crippen molar-refractivity contribution in [3.8, 4) is 35.7 Å². The number of Topliss-reactive ketones (excluding diaryl/α,β-unsaturated/α-hetero) is 4. The Morgan fingerprint density at radius 1 is 0.591 bits per heavy atom. The molecule has 8 atom stereocenters. The highest BCUT2D eigenvalue weighted by molar-refractivity contribution is 6.14. The number of pyridine rings is 4. The topological polar surface area (TPSA) is 423 Å². The average Bonchev–Trinajstić information content (AvgIpc) is 0.756. The molecule has 0 aliphatic heterocycles. The van der Waals surface area contributed by atoms with Crippen LogP contribution in [0, 0.1) is 46.3 Å². The summed E-state index contributed by atoms with van der Waals surface area (Å²) >= 11 is 0. The number of ketones is 4. The molecule has 8 aliphatic carbocycles. The monoisotopic (exact) mass is 1280 g/mol. The molecule has 8 bridgehead atoms. The van der Waals surface area contributed by atoms with Crippen molar-refractivity contribution in [2.45, 2.75) is 126 Å². The molecule has 0 saturated heterocycles. The van der Waals surface area contributed by atoms with Crippen molar-refractivity contribution in [3.05, 3.63) is 142 Å². The number of hydrogen-bond donors (Lipinski definition) is 5. The van der Waals surface area contributed by atoms with Gasteiger partial charge in [0.1, 0.15) is 22.9 Å². The van der Waals surface area contributed by atoms with Crippen LogP contribution in [-0.4, -0.2) is 130 Å². The van der Waals surface area contributed by atoms with Gasteiger partial charge < -0.3 is 56.2 Å². The summed E-state index contributed by atoms with van der Waals surface area (Å²) in [7, 11) is 6.24. The van der Waals surface area contributed by atoms with Gasteiger partial charge in [-0.3, -0.25) is 28.8 Å². The molecule has 4 heterocycles. The van der Waals surface area contributed by atoms with Crippen LogP contribution >= 0.6 is 0 Å². The van der Waals surface area contributed by atoms with E-state index in [-0.39, 0.29) is 64.8 Å². The van der Waals surface area contributed by atoms with Crippen molar-refractivity contribution in [3.63, 3.8) is 0 Å². The molecule has 4 aromatic heterocycles. The van der Waals surface area contributed by atoms with Crippen LogP contribution in [0.15, 0.2) is 107 Å². The summed E-state index contributed by atoms with van der Waals surface area (Å²) in [4.78, 5) is 98.2. The highest BCUT2D eigenvalue weighted by atomic mass is 16.5. The van der Waals surface area contributed by atoms with E-state index in [1.54, 1.807) is 70.7 Å². The third-order valence-corrected chi connectivity index (χ3v) is 17.1. The molecule has 8 unspecified atom stereocenters. The summed E-state index contributed by atoms with van der Waals surface area (Å²) in [6.07, 6.45) is 10.1. The van der Waals surface area contributed by atoms with Crippen LogP contribution in [0.25, 0.3) is 0 Å². The third kappa shape index (κ3) is 15.6. The minimum Gasteiger partial charge on any atom is -0.870 e. The van der Waals surface area contributed by atoms with Crippen LogP contribution in [-0.2, 0) is 80.9 Å². The second kappa shape index (κ2) is 32.8. The number of nitrogens with two attached hydrogens (primary N) is 2. The van der Waals surface area contributed by atoms with Crippen LogP contribution in [0.3, 0.4) is 0 Å². The molecule has 0 spiro atoms. The molecule has 494 valence electrons. The Labute approximate surface area is 540 Å². The van der Waals surface area contributed by atoms with Gasteiger partial charge in [-0.25, -0.2) is 19.9 Å². The number of nitrogens with zero attached hydrogens (tertiary/aromatic N) is 8. The first-order valence-electron chi connectivity index (χ1n) is 29.4. The van der Waals surface area contributed by atoms with Crippen molar-refractivity contribution in [1.82, 2.24) is 19.9 Å². The quantitative estimate of drug-likeness (QED) is 0.0322. The maximum atomic E-state index is 12.7. The van der Waals surface area contributed by atoms with Gasteiger partial charge in [-0.05, 0) is 88.0 Å². The van der Waals surface area contributed by atoms with Crippen molar-refractivity contribution >= 4 is 53.7 Å². The van der Waals surface area contributed by atoms with Gasteiger partial charge in [0.2, 0.25) is 35.3 Å². The summed E-state index contributed by atoms with van der Waals surface area (Å²) in [5.74, 6) is 0.687. The van der Waals surface area contributed by atoms with Crippen molar-refractivity contribution in [2.75, 3.05) is 35.0 Å². The maximum Gasteiger partial charge on any atom is 0.236 e. The Morgan fingerprint density at radius 3 is 1.34 bits per heavy atom. The van der Waals surface area contributed by atoms with Crippen molar-refractivity contribution < 1.29 is 73.5 Å². The Hall–Kier alpha value is -10.1. The molecule has 0 radical (unpaired) electrons. The number of aliphatic hydroxyl groups excluding tert-OH is 1. The standard InChI is InChI=1S/2C15H16N2O3.C15H14N2O2.C15H17NO3.2C2H5NO.C2H3N.C2H4O.H2O/c1-9-5-10-6-12-11(3-4-13(17-12)20-2)15(7-9,8-16-19)14(10)18;1-8-5-9-6-11-10(3-4-12(17-11)20-2)15(7-8,13(9)18)14(16)19;1-9-5-10-6-12-11(3-4-13(17-12)19-2)15(7-9,8-16)14(10)18;1-9-5-10-6-12-11(3-4-13(16-12)19-2)15(7-9,8-17)14(10)18;1-2-3-4;1-2(3)4;2*1-2-3;/h3-4,8,10,19H,1,5-7H2,2H3;3-4,9H,1,5-7H2,2H3,(H2,16,19);3-4,10H,1,5-7H2,2H3;3-4,10,17H,1,5-8H2,2H3;2,4H,1H3;1H3,(H2,3,4);1H3;2H,1H3;1H2/p-1/b16-8-;;;;3-2+;;;;. The van der Waals surface area contributed by atoms with E-state index in [0.717, 1.165) is 68.0 Å². The minimum absolute atomic E-state index is 0. The summed E-state index contributed by atoms with van der Waals surface area (Å²) in [5, 5.41) is 48.9. The normalized spacial score (nSPS) is 24.8. The zero-order valence-corrected chi connectivity index (χ0v) is 53.7. The number of allylic oxidation sites excluding steroid dienone is 4. The molecule has 8 aliphatic rings. The highest BCUT2D eigenvalue weighted by Crippen LogP contribution is 2.51. The molecule has 25 nitrogen and oxygen atoms in total. The van der Waals surface area contributed by atoms with E-state index in [1.165, 1.54) is 40.3 Å². The lowest BCUT2D eigenvalue weighted by Gasteiger charge is -2.44. The fraction of sp³-hybridized carbons (Fsp3) is 0.426. The van der Waals surface area contributed by atoms with E-state index in [4.69, 9.17) is 45.2 Å². The lowest BCUT2D eigenvalue weighted by Crippen LogP contribution is -2.56. The number of ether oxygens (including phenoxy) is 4. The maximum absolute atomic E-state index is 12.7. The highest BCUT2D eigenvalue weighted by Gasteiger charge is 2.57. The Bertz CT molecular complexity index is 3690. The second-order valence-corrected chi connectivity index (χ2v) is 23.2. The zero-order valence-electron chi connectivity index (χ0n) is 53.7. The Morgan fingerprint density at radius 2 is 0.935 bits per heavy atom. The smallest absolute Gasteiger partial charge is 0.236 e. The van der Waals surface area contributed by atoms with Crippen LogP contribution in [0.1, 0.15) is 124 Å². The number of oxime groups is 2. The van der Waals surface area contributed by atoms with Gasteiger partial charge in [0, 0.05) is 116 Å². The van der Waals surface area contributed by atoms with E-state index >= 15 is 0 Å². The Kier molecular flexibility index (Phi) is 26.5. The first-order chi connectivity index (χ1) is 43.8. The molecule has 2 amide bonds. The van der Waals surface area contributed by atoms with Gasteiger partial charge in [-0.15, -0.1) is 10.3 Å². The zero-order chi connectivity index (χ0) is 68.5. The van der Waals surface area contributed by atoms with Crippen molar-refractivity contribution in [1.29, 1.82) is 10.5 Å². The van der Waals surface area contributed by atoms with Gasteiger partial charge in [0.05, 0.1) is 69.9 Å². The number of carbonyl (C=O) groups is 7. The van der Waals surface area contributed by atoms with Gasteiger partial charge in [0.15, 0.2) is 17.3 Å². The fourth-order valence-electron chi connectivity index (χ4n) is 13.5. The van der Waals surface area contributed by atoms with E-state index in [2.05, 4.69) is 68.4 Å².